The molecule has 7 nitrogen and oxygen atoms in total. The molecule has 1 N–H and O–H groups in total. The Morgan fingerprint density at radius 2 is 2.25 bits per heavy atom. The van der Waals surface area contributed by atoms with E-state index in [1.807, 2.05) is 12.3 Å². The van der Waals surface area contributed by atoms with Crippen molar-refractivity contribution in [2.24, 2.45) is 5.92 Å². The maximum atomic E-state index is 12.7. The number of thiazole rings is 1. The minimum Gasteiger partial charge on any atom is -0.497 e. The van der Waals surface area contributed by atoms with Gasteiger partial charge in [-0.1, -0.05) is 0 Å². The van der Waals surface area contributed by atoms with Gasteiger partial charge in [0.05, 0.1) is 18.1 Å². The number of ether oxygens (including phenoxy) is 1. The second-order valence-corrected chi connectivity index (χ2v) is 6.65. The smallest absolute Gasteiger partial charge is 0.282 e. The van der Waals surface area contributed by atoms with Gasteiger partial charge in [-0.2, -0.15) is 0 Å². The fourth-order valence-electron chi connectivity index (χ4n) is 2.53. The highest BCUT2D eigenvalue weighted by Gasteiger charge is 2.36. The molecule has 1 atom stereocenters. The zero-order valence-corrected chi connectivity index (χ0v) is 14.1. The molecule has 1 fully saturated rings. The van der Waals surface area contributed by atoms with E-state index >= 15 is 0 Å². The van der Waals surface area contributed by atoms with E-state index in [0.717, 1.165) is 23.5 Å². The molecule has 2 aromatic rings. The second kappa shape index (κ2) is 6.56. The Morgan fingerprint density at radius 1 is 1.50 bits per heavy atom. The summed E-state index contributed by atoms with van der Waals surface area (Å²) >= 11 is 1.50. The lowest BCUT2D eigenvalue weighted by atomic mass is 10.1. The van der Waals surface area contributed by atoms with Gasteiger partial charge in [0.1, 0.15) is 16.3 Å². The van der Waals surface area contributed by atoms with Crippen molar-refractivity contribution >= 4 is 22.9 Å². The number of nitrogens with one attached hydrogen (secondary N) is 1. The maximum Gasteiger partial charge on any atom is 0.282 e. The summed E-state index contributed by atoms with van der Waals surface area (Å²) in [7, 11) is 1.45. The van der Waals surface area contributed by atoms with Crippen LogP contribution in [0.5, 0.6) is 5.75 Å². The number of aromatic nitrogens is 1. The van der Waals surface area contributed by atoms with Crippen LogP contribution in [0.2, 0.25) is 0 Å². The number of rotatable bonds is 6. The first-order chi connectivity index (χ1) is 11.5. The van der Waals surface area contributed by atoms with Gasteiger partial charge in [-0.05, 0) is 37.8 Å². The molecular formula is C16H17N3O4S. The fourth-order valence-corrected chi connectivity index (χ4v) is 3.47. The highest BCUT2D eigenvalue weighted by atomic mass is 32.1. The Labute approximate surface area is 142 Å². The number of nitrogens with zero attached hydrogens (tertiary/aromatic N) is 2. The molecule has 1 amide bonds. The molecule has 1 aliphatic carbocycles. The maximum absolute atomic E-state index is 12.7. The summed E-state index contributed by atoms with van der Waals surface area (Å²) in [6.45, 7) is 1.90. The van der Waals surface area contributed by atoms with E-state index < -0.39 is 10.8 Å². The molecule has 24 heavy (non-hydrogen) atoms. The number of carbonyl (C=O) groups is 1. The molecule has 0 saturated heterocycles. The number of benzene rings is 1. The molecule has 126 valence electrons. The average Bonchev–Trinajstić information content (AvgIpc) is 3.32. The lowest BCUT2D eigenvalue weighted by molar-refractivity contribution is -0.385. The van der Waals surface area contributed by atoms with Gasteiger partial charge in [-0.25, -0.2) is 4.98 Å². The highest BCUT2D eigenvalue weighted by Crippen LogP contribution is 2.42. The molecule has 1 aromatic carbocycles. The molecule has 0 spiro atoms. The van der Waals surface area contributed by atoms with Crippen LogP contribution in [0.4, 0.5) is 5.69 Å². The van der Waals surface area contributed by atoms with Crippen LogP contribution in [0.15, 0.2) is 23.6 Å². The van der Waals surface area contributed by atoms with E-state index in [1.54, 1.807) is 0 Å². The number of methoxy groups -OCH3 is 1. The van der Waals surface area contributed by atoms with Gasteiger partial charge in [0.15, 0.2) is 0 Å². The summed E-state index contributed by atoms with van der Waals surface area (Å²) in [6.07, 6.45) is 2.04. The molecule has 0 unspecified atom stereocenters. The van der Waals surface area contributed by atoms with Crippen LogP contribution < -0.4 is 10.1 Å². The van der Waals surface area contributed by atoms with Gasteiger partial charge < -0.3 is 10.1 Å². The van der Waals surface area contributed by atoms with Gasteiger partial charge in [-0.15, -0.1) is 11.3 Å². The van der Waals surface area contributed by atoms with Crippen molar-refractivity contribution < 1.29 is 14.5 Å². The van der Waals surface area contributed by atoms with Gasteiger partial charge in [-0.3, -0.25) is 14.9 Å². The number of nitro benzene ring substituents is 1. The average molecular weight is 347 g/mol. The zero-order valence-electron chi connectivity index (χ0n) is 13.3. The topological polar surface area (TPSA) is 94.4 Å². The van der Waals surface area contributed by atoms with E-state index in [2.05, 4.69) is 10.3 Å². The summed E-state index contributed by atoms with van der Waals surface area (Å²) in [5.41, 5.74) is 0.665. The third-order valence-electron chi connectivity index (χ3n) is 3.93. The number of hydrogen-bond donors (Lipinski definition) is 1. The molecular weight excluding hydrogens is 330 g/mol. The normalized spacial score (nSPS) is 14.9. The number of amides is 1. The van der Waals surface area contributed by atoms with E-state index in [1.165, 1.54) is 36.6 Å². The minimum atomic E-state index is -0.561. The summed E-state index contributed by atoms with van der Waals surface area (Å²) in [5, 5.41) is 16.9. The van der Waals surface area contributed by atoms with Gasteiger partial charge in [0, 0.05) is 17.1 Å². The quantitative estimate of drug-likeness (QED) is 0.639. The molecule has 1 heterocycles. The largest absolute Gasteiger partial charge is 0.497 e. The molecule has 0 aliphatic heterocycles. The second-order valence-electron chi connectivity index (χ2n) is 5.76. The highest BCUT2D eigenvalue weighted by molar-refractivity contribution is 7.09. The van der Waals surface area contributed by atoms with Crippen molar-refractivity contribution in [3.05, 3.63) is 50.0 Å². The van der Waals surface area contributed by atoms with Crippen molar-refractivity contribution in [3.63, 3.8) is 0 Å². The Morgan fingerprint density at radius 3 is 2.79 bits per heavy atom. The summed E-state index contributed by atoms with van der Waals surface area (Å²) in [5.74, 6) is 0.258. The first kappa shape index (κ1) is 16.4. The van der Waals surface area contributed by atoms with Crippen molar-refractivity contribution in [1.29, 1.82) is 0 Å². The summed E-state index contributed by atoms with van der Waals surface area (Å²) in [6, 6.07) is 3.94. The van der Waals surface area contributed by atoms with E-state index in [-0.39, 0.29) is 17.3 Å². The Bertz CT molecular complexity index is 785. The first-order valence-corrected chi connectivity index (χ1v) is 8.43. The van der Waals surface area contributed by atoms with Crippen molar-refractivity contribution in [2.45, 2.75) is 25.8 Å². The Balaban J connectivity index is 1.89. The van der Waals surface area contributed by atoms with E-state index in [9.17, 15) is 14.9 Å². The van der Waals surface area contributed by atoms with Gasteiger partial charge >= 0.3 is 0 Å². The molecule has 3 rings (SSSR count). The van der Waals surface area contributed by atoms with Crippen LogP contribution in [0.25, 0.3) is 0 Å². The predicted molar refractivity (Wildman–Crippen MR) is 89.4 cm³/mol. The summed E-state index contributed by atoms with van der Waals surface area (Å²) in [4.78, 5) is 27.8. The molecule has 0 radical (unpaired) electrons. The number of carbonyl (C=O) groups excluding carboxylic acids is 1. The number of hydrogen-bond acceptors (Lipinski definition) is 6. The molecule has 1 aliphatic rings. The van der Waals surface area contributed by atoms with Crippen molar-refractivity contribution in [3.8, 4) is 5.75 Å². The number of aryl methyl sites for hydroxylation is 1. The van der Waals surface area contributed by atoms with Crippen molar-refractivity contribution in [1.82, 2.24) is 10.3 Å². The third-order valence-corrected chi connectivity index (χ3v) is 4.97. The third kappa shape index (κ3) is 3.38. The molecule has 1 saturated carbocycles. The fraction of sp³-hybridized carbons (Fsp3) is 0.375. The Kier molecular flexibility index (Phi) is 4.48. The van der Waals surface area contributed by atoms with Crippen molar-refractivity contribution in [2.75, 3.05) is 7.11 Å². The van der Waals surface area contributed by atoms with Crippen LogP contribution in [-0.2, 0) is 0 Å². The number of nitro groups is 1. The lowest BCUT2D eigenvalue weighted by Crippen LogP contribution is -2.30. The van der Waals surface area contributed by atoms with Gasteiger partial charge in [0.25, 0.3) is 11.6 Å². The first-order valence-electron chi connectivity index (χ1n) is 7.55. The van der Waals surface area contributed by atoms with E-state index in [0.29, 0.717) is 11.7 Å². The molecule has 8 heteroatoms. The SMILES string of the molecule is COc1ccc([N+](=O)[O-])c(C(=O)N[C@H](c2nc(C)cs2)C2CC2)c1. The van der Waals surface area contributed by atoms with E-state index in [4.69, 9.17) is 4.74 Å². The minimum absolute atomic E-state index is 0.00159. The van der Waals surface area contributed by atoms with Crippen LogP contribution in [0, 0.1) is 23.0 Å². The monoisotopic (exact) mass is 347 g/mol. The molecule has 0 bridgehead atoms. The summed E-state index contributed by atoms with van der Waals surface area (Å²) < 4.78 is 5.08. The van der Waals surface area contributed by atoms with Crippen LogP contribution in [0.3, 0.4) is 0 Å². The van der Waals surface area contributed by atoms with Crippen LogP contribution in [0.1, 0.15) is 39.9 Å². The standard InChI is InChI=1S/C16H17N3O4S/c1-9-8-24-16(17-9)14(10-3-4-10)18-15(20)12-7-11(23-2)5-6-13(12)19(21)22/h5-8,10,14H,3-4H2,1-2H3,(H,18,20)/t14-/m0/s1. The van der Waals surface area contributed by atoms with Gasteiger partial charge in [0.2, 0.25) is 0 Å². The lowest BCUT2D eigenvalue weighted by Gasteiger charge is -2.16. The van der Waals surface area contributed by atoms with Crippen LogP contribution >= 0.6 is 11.3 Å². The predicted octanol–water partition coefficient (Wildman–Crippen LogP) is 3.25. The molecule has 1 aromatic heterocycles. The van der Waals surface area contributed by atoms with Crippen LogP contribution in [-0.4, -0.2) is 22.9 Å². The Hall–Kier alpha value is -2.48. The zero-order chi connectivity index (χ0) is 17.3.